The number of rotatable bonds is 5. The second-order valence-corrected chi connectivity index (χ2v) is 7.78. The molecule has 1 aliphatic rings. The lowest BCUT2D eigenvalue weighted by atomic mass is 9.90. The van der Waals surface area contributed by atoms with Gasteiger partial charge >= 0.3 is 5.97 Å². The van der Waals surface area contributed by atoms with Crippen molar-refractivity contribution in [1.29, 1.82) is 0 Å². The molecular formula is C20H28O4. The molecule has 0 radical (unpaired) electrons. The summed E-state index contributed by atoms with van der Waals surface area (Å²) in [5, 5.41) is 0. The third-order valence-corrected chi connectivity index (χ3v) is 4.11. The van der Waals surface area contributed by atoms with E-state index < -0.39 is 5.60 Å². The largest absolute Gasteiger partial charge is 0.490 e. The van der Waals surface area contributed by atoms with Crippen molar-refractivity contribution >= 4 is 11.8 Å². The number of Topliss-reactive ketones (excluding diaryl/α,β-unsaturated/α-hetero) is 1. The van der Waals surface area contributed by atoms with Gasteiger partial charge in [-0.05, 0) is 63.6 Å². The highest BCUT2D eigenvalue weighted by Gasteiger charge is 2.26. The van der Waals surface area contributed by atoms with Gasteiger partial charge in [0.1, 0.15) is 23.2 Å². The van der Waals surface area contributed by atoms with E-state index in [1.165, 1.54) is 0 Å². The number of fused-ring (bicyclic) bond motifs is 1. The molecule has 0 saturated carbocycles. The molecule has 0 spiro atoms. The van der Waals surface area contributed by atoms with E-state index >= 15 is 0 Å². The minimum absolute atomic E-state index is 0.0816. The van der Waals surface area contributed by atoms with Crippen LogP contribution in [0, 0.1) is 5.92 Å². The van der Waals surface area contributed by atoms with E-state index in [1.807, 2.05) is 39.0 Å². The smallest absolute Gasteiger partial charge is 0.310 e. The zero-order valence-corrected chi connectivity index (χ0v) is 15.3. The Morgan fingerprint density at radius 3 is 2.67 bits per heavy atom. The Morgan fingerprint density at radius 1 is 1.33 bits per heavy atom. The number of hydrogen-bond acceptors (Lipinski definition) is 4. The SMILES string of the molecule is CC(=O)C[C@H](C)C1CCc2cc(CC(=O)OC(C)(C)C)ccc2O1. The van der Waals surface area contributed by atoms with Crippen LogP contribution in [0.1, 0.15) is 58.6 Å². The average Bonchev–Trinajstić information content (AvgIpc) is 2.43. The molecule has 2 rings (SSSR count). The van der Waals surface area contributed by atoms with Gasteiger partial charge in [0.05, 0.1) is 6.42 Å². The van der Waals surface area contributed by atoms with Crippen molar-refractivity contribution in [2.75, 3.05) is 0 Å². The topological polar surface area (TPSA) is 52.6 Å². The molecule has 132 valence electrons. The molecule has 0 aliphatic carbocycles. The standard InChI is InChI=1S/C20H28O4/c1-13(10-14(2)21)17-9-7-16-11-15(6-8-18(16)23-17)12-19(22)24-20(3,4)5/h6,8,11,13,17H,7,9-10,12H2,1-5H3/t13-,17?/m0/s1. The lowest BCUT2D eigenvalue weighted by Gasteiger charge is -2.30. The first-order valence-electron chi connectivity index (χ1n) is 8.64. The van der Waals surface area contributed by atoms with Crippen molar-refractivity contribution in [3.8, 4) is 5.75 Å². The molecule has 24 heavy (non-hydrogen) atoms. The van der Waals surface area contributed by atoms with Crippen LogP contribution in [0.4, 0.5) is 0 Å². The van der Waals surface area contributed by atoms with Crippen molar-refractivity contribution in [2.45, 2.75) is 72.0 Å². The number of aryl methyl sites for hydroxylation is 1. The maximum absolute atomic E-state index is 12.0. The second-order valence-electron chi connectivity index (χ2n) is 7.78. The lowest BCUT2D eigenvalue weighted by Crippen LogP contribution is -2.30. The van der Waals surface area contributed by atoms with Crippen molar-refractivity contribution in [1.82, 2.24) is 0 Å². The van der Waals surface area contributed by atoms with Gasteiger partial charge in [0, 0.05) is 6.42 Å². The van der Waals surface area contributed by atoms with Crippen molar-refractivity contribution in [3.63, 3.8) is 0 Å². The Morgan fingerprint density at radius 2 is 2.04 bits per heavy atom. The van der Waals surface area contributed by atoms with E-state index in [2.05, 4.69) is 6.92 Å². The summed E-state index contributed by atoms with van der Waals surface area (Å²) >= 11 is 0. The zero-order chi connectivity index (χ0) is 17.9. The number of esters is 1. The summed E-state index contributed by atoms with van der Waals surface area (Å²) in [5.41, 5.74) is 1.61. The van der Waals surface area contributed by atoms with Crippen LogP contribution in [0.2, 0.25) is 0 Å². The van der Waals surface area contributed by atoms with Gasteiger partial charge in [-0.3, -0.25) is 4.79 Å². The van der Waals surface area contributed by atoms with Crippen LogP contribution < -0.4 is 4.74 Å². The van der Waals surface area contributed by atoms with Crippen LogP contribution in [-0.4, -0.2) is 23.5 Å². The highest BCUT2D eigenvalue weighted by atomic mass is 16.6. The molecule has 0 aromatic heterocycles. The van der Waals surface area contributed by atoms with E-state index in [0.717, 1.165) is 29.7 Å². The summed E-state index contributed by atoms with van der Waals surface area (Å²) in [6, 6.07) is 5.88. The third-order valence-electron chi connectivity index (χ3n) is 4.11. The van der Waals surface area contributed by atoms with Gasteiger partial charge in [0.15, 0.2) is 0 Å². The van der Waals surface area contributed by atoms with Crippen LogP contribution in [0.25, 0.3) is 0 Å². The first kappa shape index (κ1) is 18.5. The fourth-order valence-electron chi connectivity index (χ4n) is 3.10. The van der Waals surface area contributed by atoms with Crippen LogP contribution in [0.5, 0.6) is 5.75 Å². The second kappa shape index (κ2) is 7.37. The van der Waals surface area contributed by atoms with E-state index in [9.17, 15) is 9.59 Å². The zero-order valence-electron chi connectivity index (χ0n) is 15.3. The Bertz CT molecular complexity index is 613. The van der Waals surface area contributed by atoms with Crippen molar-refractivity contribution in [2.24, 2.45) is 5.92 Å². The first-order chi connectivity index (χ1) is 11.1. The maximum atomic E-state index is 12.0. The van der Waals surface area contributed by atoms with Crippen LogP contribution in [0.3, 0.4) is 0 Å². The van der Waals surface area contributed by atoms with Crippen LogP contribution >= 0.6 is 0 Å². The number of carbonyl (C=O) groups is 2. The Labute approximate surface area is 144 Å². The molecule has 1 aromatic rings. The van der Waals surface area contributed by atoms with Gasteiger partial charge in [0.2, 0.25) is 0 Å². The summed E-state index contributed by atoms with van der Waals surface area (Å²) < 4.78 is 11.4. The summed E-state index contributed by atoms with van der Waals surface area (Å²) in [4.78, 5) is 23.2. The first-order valence-corrected chi connectivity index (χ1v) is 8.64. The molecule has 1 aliphatic heterocycles. The molecule has 0 bridgehead atoms. The molecule has 0 amide bonds. The summed E-state index contributed by atoms with van der Waals surface area (Å²) in [5.74, 6) is 1.07. The van der Waals surface area contributed by atoms with E-state index in [0.29, 0.717) is 6.42 Å². The molecule has 4 heteroatoms. The van der Waals surface area contributed by atoms with Gasteiger partial charge in [-0.2, -0.15) is 0 Å². The average molecular weight is 332 g/mol. The molecule has 2 atom stereocenters. The van der Waals surface area contributed by atoms with Crippen molar-refractivity contribution in [3.05, 3.63) is 29.3 Å². The number of carbonyl (C=O) groups excluding carboxylic acids is 2. The normalized spacial score (nSPS) is 18.3. The summed E-state index contributed by atoms with van der Waals surface area (Å²) in [6.07, 6.45) is 2.71. The molecule has 0 saturated heterocycles. The molecule has 4 nitrogen and oxygen atoms in total. The molecular weight excluding hydrogens is 304 g/mol. The quantitative estimate of drug-likeness (QED) is 0.768. The van der Waals surface area contributed by atoms with Crippen LogP contribution in [0.15, 0.2) is 18.2 Å². The highest BCUT2D eigenvalue weighted by molar-refractivity contribution is 5.75. The Hall–Kier alpha value is -1.84. The molecule has 1 heterocycles. The van der Waals surface area contributed by atoms with Gasteiger partial charge in [-0.15, -0.1) is 0 Å². The van der Waals surface area contributed by atoms with E-state index in [4.69, 9.17) is 9.47 Å². The van der Waals surface area contributed by atoms with Crippen molar-refractivity contribution < 1.29 is 19.1 Å². The number of ether oxygens (including phenoxy) is 2. The van der Waals surface area contributed by atoms with Gasteiger partial charge in [-0.1, -0.05) is 19.1 Å². The number of hydrogen-bond donors (Lipinski definition) is 0. The number of benzene rings is 1. The Balaban J connectivity index is 2.01. The van der Waals surface area contributed by atoms with E-state index in [-0.39, 0.29) is 30.2 Å². The minimum Gasteiger partial charge on any atom is -0.490 e. The van der Waals surface area contributed by atoms with Gasteiger partial charge in [0.25, 0.3) is 0 Å². The highest BCUT2D eigenvalue weighted by Crippen LogP contribution is 2.32. The monoisotopic (exact) mass is 332 g/mol. The Kier molecular flexibility index (Phi) is 5.68. The molecule has 1 unspecified atom stereocenters. The minimum atomic E-state index is -0.464. The molecule has 0 N–H and O–H groups in total. The fourth-order valence-corrected chi connectivity index (χ4v) is 3.10. The number of ketones is 1. The predicted molar refractivity (Wildman–Crippen MR) is 93.2 cm³/mol. The summed E-state index contributed by atoms with van der Waals surface area (Å²) in [7, 11) is 0. The van der Waals surface area contributed by atoms with Crippen LogP contribution in [-0.2, 0) is 27.2 Å². The van der Waals surface area contributed by atoms with Gasteiger partial charge < -0.3 is 14.3 Å². The van der Waals surface area contributed by atoms with Gasteiger partial charge in [-0.25, -0.2) is 0 Å². The maximum Gasteiger partial charge on any atom is 0.310 e. The third kappa shape index (κ3) is 5.36. The summed E-state index contributed by atoms with van der Waals surface area (Å²) in [6.45, 7) is 9.29. The molecule has 1 aromatic carbocycles. The fraction of sp³-hybridized carbons (Fsp3) is 0.600. The predicted octanol–water partition coefficient (Wildman–Crippen LogP) is 3.88. The molecule has 0 fully saturated rings. The lowest BCUT2D eigenvalue weighted by molar-refractivity contribution is -0.153. The van der Waals surface area contributed by atoms with E-state index in [1.54, 1.807) is 6.92 Å².